The zero-order chi connectivity index (χ0) is 11.6. The molecule has 1 unspecified atom stereocenters. The maximum Gasteiger partial charge on any atom is 0.0107 e. The standard InChI is InChI=1S/C14H30N2/c1-3-5-6-9-15-10-12-16-11-7-8-14(4-2)13-16/h14-15H,3-13H2,1-2H3. The van der Waals surface area contributed by atoms with Gasteiger partial charge in [-0.1, -0.05) is 33.1 Å². The van der Waals surface area contributed by atoms with E-state index in [0.29, 0.717) is 0 Å². The van der Waals surface area contributed by atoms with Crippen molar-refractivity contribution in [2.45, 2.75) is 52.4 Å². The highest BCUT2D eigenvalue weighted by atomic mass is 15.1. The Morgan fingerprint density at radius 3 is 2.81 bits per heavy atom. The van der Waals surface area contributed by atoms with Crippen molar-refractivity contribution in [2.75, 3.05) is 32.7 Å². The molecule has 1 saturated heterocycles. The molecule has 1 fully saturated rings. The highest BCUT2D eigenvalue weighted by Gasteiger charge is 2.17. The van der Waals surface area contributed by atoms with Crippen LogP contribution in [0.4, 0.5) is 0 Å². The van der Waals surface area contributed by atoms with Gasteiger partial charge in [-0.2, -0.15) is 0 Å². The molecule has 1 heterocycles. The molecule has 96 valence electrons. The summed E-state index contributed by atoms with van der Waals surface area (Å²) in [7, 11) is 0. The van der Waals surface area contributed by atoms with Gasteiger partial charge in [-0.25, -0.2) is 0 Å². The van der Waals surface area contributed by atoms with Gasteiger partial charge < -0.3 is 10.2 Å². The molecule has 0 aromatic carbocycles. The van der Waals surface area contributed by atoms with E-state index in [4.69, 9.17) is 0 Å². The second-order valence-corrected chi connectivity index (χ2v) is 5.17. The van der Waals surface area contributed by atoms with Crippen molar-refractivity contribution >= 4 is 0 Å². The van der Waals surface area contributed by atoms with Crippen LogP contribution in [0, 0.1) is 5.92 Å². The largest absolute Gasteiger partial charge is 0.315 e. The van der Waals surface area contributed by atoms with Crippen LogP contribution >= 0.6 is 0 Å². The van der Waals surface area contributed by atoms with E-state index in [9.17, 15) is 0 Å². The van der Waals surface area contributed by atoms with Crippen LogP contribution in [-0.2, 0) is 0 Å². The van der Waals surface area contributed by atoms with Gasteiger partial charge >= 0.3 is 0 Å². The molecule has 0 amide bonds. The Balaban J connectivity index is 1.95. The quantitative estimate of drug-likeness (QED) is 0.640. The number of likely N-dealkylation sites (tertiary alicyclic amines) is 1. The molecular weight excluding hydrogens is 196 g/mol. The summed E-state index contributed by atoms with van der Waals surface area (Å²) in [5.41, 5.74) is 0. The summed E-state index contributed by atoms with van der Waals surface area (Å²) in [5.74, 6) is 0.967. The lowest BCUT2D eigenvalue weighted by molar-refractivity contribution is 0.172. The van der Waals surface area contributed by atoms with Crippen molar-refractivity contribution in [1.82, 2.24) is 10.2 Å². The van der Waals surface area contributed by atoms with Gasteiger partial charge in [0.2, 0.25) is 0 Å². The lowest BCUT2D eigenvalue weighted by Crippen LogP contribution is -2.39. The lowest BCUT2D eigenvalue weighted by Gasteiger charge is -2.32. The number of rotatable bonds is 8. The summed E-state index contributed by atoms with van der Waals surface area (Å²) in [6, 6.07) is 0. The van der Waals surface area contributed by atoms with Gasteiger partial charge in [0.25, 0.3) is 0 Å². The highest BCUT2D eigenvalue weighted by Crippen LogP contribution is 2.18. The maximum atomic E-state index is 3.56. The third-order valence-corrected chi connectivity index (χ3v) is 3.74. The molecule has 1 rings (SSSR count). The molecule has 0 aliphatic carbocycles. The van der Waals surface area contributed by atoms with E-state index in [2.05, 4.69) is 24.1 Å². The van der Waals surface area contributed by atoms with Gasteiger partial charge in [-0.3, -0.25) is 0 Å². The van der Waals surface area contributed by atoms with Crippen LogP contribution < -0.4 is 5.32 Å². The molecule has 16 heavy (non-hydrogen) atoms. The molecule has 2 nitrogen and oxygen atoms in total. The topological polar surface area (TPSA) is 15.3 Å². The van der Waals surface area contributed by atoms with Crippen molar-refractivity contribution < 1.29 is 0 Å². The number of hydrogen-bond donors (Lipinski definition) is 1. The summed E-state index contributed by atoms with van der Waals surface area (Å²) >= 11 is 0. The van der Waals surface area contributed by atoms with E-state index >= 15 is 0 Å². The second-order valence-electron chi connectivity index (χ2n) is 5.17. The first-order valence-corrected chi connectivity index (χ1v) is 7.29. The van der Waals surface area contributed by atoms with Crippen LogP contribution in [0.2, 0.25) is 0 Å². The van der Waals surface area contributed by atoms with Crippen molar-refractivity contribution in [3.8, 4) is 0 Å². The second kappa shape index (κ2) is 9.00. The fourth-order valence-corrected chi connectivity index (χ4v) is 2.55. The minimum atomic E-state index is 0.967. The summed E-state index contributed by atoms with van der Waals surface area (Å²) in [5, 5.41) is 3.56. The highest BCUT2D eigenvalue weighted by molar-refractivity contribution is 4.72. The SMILES string of the molecule is CCCCCNCCN1CCCC(CC)C1. The van der Waals surface area contributed by atoms with Gasteiger partial charge in [-0.05, 0) is 38.3 Å². The monoisotopic (exact) mass is 226 g/mol. The van der Waals surface area contributed by atoms with E-state index in [1.165, 1.54) is 71.2 Å². The van der Waals surface area contributed by atoms with Gasteiger partial charge in [0, 0.05) is 19.6 Å². The van der Waals surface area contributed by atoms with Crippen LogP contribution in [0.1, 0.15) is 52.4 Å². The predicted octanol–water partition coefficient (Wildman–Crippen LogP) is 2.89. The third-order valence-electron chi connectivity index (χ3n) is 3.74. The van der Waals surface area contributed by atoms with Gasteiger partial charge in [-0.15, -0.1) is 0 Å². The Morgan fingerprint density at radius 2 is 2.06 bits per heavy atom. The average Bonchev–Trinajstić information content (AvgIpc) is 2.34. The molecule has 1 aliphatic rings. The fraction of sp³-hybridized carbons (Fsp3) is 1.00. The molecule has 0 spiro atoms. The molecule has 1 atom stereocenters. The number of hydrogen-bond acceptors (Lipinski definition) is 2. The predicted molar refractivity (Wildman–Crippen MR) is 71.8 cm³/mol. The average molecular weight is 226 g/mol. The van der Waals surface area contributed by atoms with Crippen molar-refractivity contribution in [3.63, 3.8) is 0 Å². The fourth-order valence-electron chi connectivity index (χ4n) is 2.55. The Kier molecular flexibility index (Phi) is 7.87. The van der Waals surface area contributed by atoms with Gasteiger partial charge in [0.1, 0.15) is 0 Å². The lowest BCUT2D eigenvalue weighted by atomic mass is 9.96. The molecular formula is C14H30N2. The van der Waals surface area contributed by atoms with Crippen LogP contribution in [0.3, 0.4) is 0 Å². The summed E-state index contributed by atoms with van der Waals surface area (Å²) in [6.07, 6.45) is 8.26. The Bertz CT molecular complexity index is 159. The molecule has 2 heteroatoms. The van der Waals surface area contributed by atoms with E-state index < -0.39 is 0 Å². The molecule has 0 saturated carbocycles. The third kappa shape index (κ3) is 5.86. The van der Waals surface area contributed by atoms with Crippen molar-refractivity contribution in [2.24, 2.45) is 5.92 Å². The maximum absolute atomic E-state index is 3.56. The van der Waals surface area contributed by atoms with Crippen molar-refractivity contribution in [1.29, 1.82) is 0 Å². The number of nitrogens with zero attached hydrogens (tertiary/aromatic N) is 1. The zero-order valence-electron chi connectivity index (χ0n) is 11.3. The number of nitrogens with one attached hydrogen (secondary N) is 1. The van der Waals surface area contributed by atoms with Crippen molar-refractivity contribution in [3.05, 3.63) is 0 Å². The summed E-state index contributed by atoms with van der Waals surface area (Å²) in [4.78, 5) is 2.64. The Hall–Kier alpha value is -0.0800. The smallest absolute Gasteiger partial charge is 0.0107 e. The van der Waals surface area contributed by atoms with Crippen LogP contribution in [0.25, 0.3) is 0 Å². The van der Waals surface area contributed by atoms with E-state index in [0.717, 1.165) is 5.92 Å². The summed E-state index contributed by atoms with van der Waals surface area (Å²) < 4.78 is 0. The van der Waals surface area contributed by atoms with Crippen LogP contribution in [0.5, 0.6) is 0 Å². The minimum absolute atomic E-state index is 0.967. The van der Waals surface area contributed by atoms with Crippen LogP contribution in [0.15, 0.2) is 0 Å². The zero-order valence-corrected chi connectivity index (χ0v) is 11.3. The van der Waals surface area contributed by atoms with Gasteiger partial charge in [0.05, 0.1) is 0 Å². The first-order valence-electron chi connectivity index (χ1n) is 7.29. The normalized spacial score (nSPS) is 22.5. The van der Waals surface area contributed by atoms with E-state index in [-0.39, 0.29) is 0 Å². The summed E-state index contributed by atoms with van der Waals surface area (Å²) in [6.45, 7) is 10.9. The number of unbranched alkanes of at least 4 members (excludes halogenated alkanes) is 2. The van der Waals surface area contributed by atoms with Gasteiger partial charge in [0.15, 0.2) is 0 Å². The molecule has 0 bridgehead atoms. The van der Waals surface area contributed by atoms with E-state index in [1.54, 1.807) is 0 Å². The number of piperidine rings is 1. The molecule has 0 radical (unpaired) electrons. The Labute approximate surface area is 102 Å². The first kappa shape index (κ1) is 14.0. The molecule has 0 aromatic heterocycles. The molecule has 1 N–H and O–H groups in total. The molecule has 1 aliphatic heterocycles. The minimum Gasteiger partial charge on any atom is -0.315 e. The first-order chi connectivity index (χ1) is 7.86. The molecule has 0 aromatic rings. The Morgan fingerprint density at radius 1 is 1.19 bits per heavy atom. The van der Waals surface area contributed by atoms with Crippen LogP contribution in [-0.4, -0.2) is 37.6 Å². The van der Waals surface area contributed by atoms with E-state index in [1.807, 2.05) is 0 Å².